The van der Waals surface area contributed by atoms with E-state index in [-0.39, 0.29) is 0 Å². The summed E-state index contributed by atoms with van der Waals surface area (Å²) in [6, 6.07) is 0.729. The van der Waals surface area contributed by atoms with Crippen LogP contribution in [0.1, 0.15) is 66.7 Å². The molecule has 0 bridgehead atoms. The van der Waals surface area contributed by atoms with Crippen LogP contribution in [0, 0.1) is 11.8 Å². The van der Waals surface area contributed by atoms with Crippen LogP contribution in [0.4, 0.5) is 0 Å². The summed E-state index contributed by atoms with van der Waals surface area (Å²) in [4.78, 5) is 0. The second-order valence-corrected chi connectivity index (χ2v) is 7.40. The SMILES string of the molecule is CC(C)=CCC/C(C)=C/CNCCNC1CCCC(C)C1C. The molecule has 0 aromatic heterocycles. The molecule has 2 nitrogen and oxygen atoms in total. The first-order valence-corrected chi connectivity index (χ1v) is 9.23. The predicted molar refractivity (Wildman–Crippen MR) is 99.3 cm³/mol. The average Bonchev–Trinajstić information content (AvgIpc) is 2.46. The second-order valence-electron chi connectivity index (χ2n) is 7.40. The van der Waals surface area contributed by atoms with Crippen LogP contribution in [0.5, 0.6) is 0 Å². The van der Waals surface area contributed by atoms with Crippen LogP contribution in [0.25, 0.3) is 0 Å². The number of hydrogen-bond acceptors (Lipinski definition) is 2. The van der Waals surface area contributed by atoms with Crippen LogP contribution < -0.4 is 10.6 Å². The summed E-state index contributed by atoms with van der Waals surface area (Å²) in [5, 5.41) is 7.27. The maximum atomic E-state index is 3.75. The van der Waals surface area contributed by atoms with E-state index in [9.17, 15) is 0 Å². The van der Waals surface area contributed by atoms with Crippen molar-refractivity contribution in [3.63, 3.8) is 0 Å². The molecule has 1 rings (SSSR count). The summed E-state index contributed by atoms with van der Waals surface area (Å²) in [7, 11) is 0. The van der Waals surface area contributed by atoms with E-state index in [2.05, 4.69) is 57.4 Å². The lowest BCUT2D eigenvalue weighted by atomic mass is 9.78. The lowest BCUT2D eigenvalue weighted by molar-refractivity contribution is 0.208. The van der Waals surface area contributed by atoms with Gasteiger partial charge in [-0.3, -0.25) is 0 Å². The highest BCUT2D eigenvalue weighted by Gasteiger charge is 2.26. The van der Waals surface area contributed by atoms with Crippen molar-refractivity contribution in [2.24, 2.45) is 11.8 Å². The molecule has 1 fully saturated rings. The molecule has 0 saturated heterocycles. The summed E-state index contributed by atoms with van der Waals surface area (Å²) < 4.78 is 0. The van der Waals surface area contributed by atoms with Gasteiger partial charge >= 0.3 is 0 Å². The van der Waals surface area contributed by atoms with E-state index in [1.54, 1.807) is 0 Å². The molecule has 0 amide bonds. The lowest BCUT2D eigenvalue weighted by Gasteiger charge is -2.34. The van der Waals surface area contributed by atoms with Crippen molar-refractivity contribution in [3.8, 4) is 0 Å². The predicted octanol–water partition coefficient (Wildman–Crippen LogP) is 4.68. The van der Waals surface area contributed by atoms with Crippen molar-refractivity contribution in [2.45, 2.75) is 72.8 Å². The third kappa shape index (κ3) is 8.14. The molecule has 2 heteroatoms. The fraction of sp³-hybridized carbons (Fsp3) is 0.800. The number of hydrogen-bond donors (Lipinski definition) is 2. The van der Waals surface area contributed by atoms with Gasteiger partial charge in [0.05, 0.1) is 0 Å². The number of rotatable bonds is 9. The molecule has 1 aliphatic carbocycles. The zero-order valence-corrected chi connectivity index (χ0v) is 15.5. The first-order valence-electron chi connectivity index (χ1n) is 9.23. The van der Waals surface area contributed by atoms with Crippen LogP contribution in [-0.2, 0) is 0 Å². The molecule has 0 aromatic carbocycles. The standard InChI is InChI=1S/C20H38N2/c1-16(2)8-6-9-17(3)12-13-21-14-15-22-20-11-7-10-18(4)19(20)5/h8,12,18-22H,6-7,9-11,13-15H2,1-5H3/b17-12+. The van der Waals surface area contributed by atoms with Crippen molar-refractivity contribution < 1.29 is 0 Å². The van der Waals surface area contributed by atoms with Gasteiger partial charge in [-0.15, -0.1) is 0 Å². The Balaban J connectivity index is 2.06. The molecule has 0 radical (unpaired) electrons. The van der Waals surface area contributed by atoms with Gasteiger partial charge in [0.25, 0.3) is 0 Å². The molecular formula is C20H38N2. The summed E-state index contributed by atoms with van der Waals surface area (Å²) in [5.74, 6) is 1.71. The summed E-state index contributed by atoms with van der Waals surface area (Å²) in [5.41, 5.74) is 2.91. The molecule has 0 aliphatic heterocycles. The first-order chi connectivity index (χ1) is 10.5. The van der Waals surface area contributed by atoms with Gasteiger partial charge in [-0.05, 0) is 51.9 Å². The maximum Gasteiger partial charge on any atom is 0.0137 e. The minimum absolute atomic E-state index is 0.729. The third-order valence-corrected chi connectivity index (χ3v) is 5.10. The highest BCUT2D eigenvalue weighted by atomic mass is 15.0. The molecule has 128 valence electrons. The van der Waals surface area contributed by atoms with Crippen molar-refractivity contribution in [1.82, 2.24) is 10.6 Å². The Labute approximate surface area is 138 Å². The van der Waals surface area contributed by atoms with Gasteiger partial charge < -0.3 is 10.6 Å². The average molecular weight is 307 g/mol. The zero-order chi connectivity index (χ0) is 16.4. The fourth-order valence-electron chi connectivity index (χ4n) is 3.26. The van der Waals surface area contributed by atoms with Gasteiger partial charge in [-0.1, -0.05) is 50.0 Å². The maximum absolute atomic E-state index is 3.75. The molecule has 0 heterocycles. The van der Waals surface area contributed by atoms with E-state index in [0.29, 0.717) is 0 Å². The number of allylic oxidation sites excluding steroid dienone is 3. The van der Waals surface area contributed by atoms with Crippen molar-refractivity contribution >= 4 is 0 Å². The molecule has 1 aliphatic rings. The number of nitrogens with one attached hydrogen (secondary N) is 2. The molecular weight excluding hydrogens is 268 g/mol. The van der Waals surface area contributed by atoms with E-state index in [4.69, 9.17) is 0 Å². The molecule has 1 saturated carbocycles. The smallest absolute Gasteiger partial charge is 0.0137 e. The van der Waals surface area contributed by atoms with Crippen LogP contribution in [-0.4, -0.2) is 25.7 Å². The van der Waals surface area contributed by atoms with Gasteiger partial charge in [0.15, 0.2) is 0 Å². The van der Waals surface area contributed by atoms with Crippen molar-refractivity contribution in [1.29, 1.82) is 0 Å². The largest absolute Gasteiger partial charge is 0.312 e. The van der Waals surface area contributed by atoms with Crippen LogP contribution in [0.3, 0.4) is 0 Å². The Morgan fingerprint density at radius 1 is 1.05 bits per heavy atom. The molecule has 3 unspecified atom stereocenters. The van der Waals surface area contributed by atoms with Crippen LogP contribution in [0.15, 0.2) is 23.3 Å². The summed E-state index contributed by atoms with van der Waals surface area (Å²) >= 11 is 0. The summed E-state index contributed by atoms with van der Waals surface area (Å²) in [6.45, 7) is 14.5. The van der Waals surface area contributed by atoms with Gasteiger partial charge in [-0.2, -0.15) is 0 Å². The highest BCUT2D eigenvalue weighted by Crippen LogP contribution is 2.29. The normalized spacial score (nSPS) is 26.0. The van der Waals surface area contributed by atoms with E-state index in [0.717, 1.165) is 37.5 Å². The van der Waals surface area contributed by atoms with Crippen molar-refractivity contribution in [3.05, 3.63) is 23.3 Å². The molecule has 0 spiro atoms. The van der Waals surface area contributed by atoms with Gasteiger partial charge in [-0.25, -0.2) is 0 Å². The first kappa shape index (κ1) is 19.4. The Morgan fingerprint density at radius 3 is 2.55 bits per heavy atom. The molecule has 0 aromatic rings. The third-order valence-electron chi connectivity index (χ3n) is 5.10. The van der Waals surface area contributed by atoms with E-state index >= 15 is 0 Å². The zero-order valence-electron chi connectivity index (χ0n) is 15.5. The van der Waals surface area contributed by atoms with Crippen molar-refractivity contribution in [2.75, 3.05) is 19.6 Å². The fourth-order valence-corrected chi connectivity index (χ4v) is 3.26. The van der Waals surface area contributed by atoms with Gasteiger partial charge in [0.1, 0.15) is 0 Å². The van der Waals surface area contributed by atoms with E-state index in [1.807, 2.05) is 0 Å². The van der Waals surface area contributed by atoms with E-state index in [1.165, 1.54) is 43.3 Å². The summed E-state index contributed by atoms with van der Waals surface area (Å²) in [6.07, 6.45) is 11.2. The molecule has 2 N–H and O–H groups in total. The van der Waals surface area contributed by atoms with Gasteiger partial charge in [0, 0.05) is 25.7 Å². The minimum atomic E-state index is 0.729. The Hall–Kier alpha value is -0.600. The van der Waals surface area contributed by atoms with Crippen LogP contribution >= 0.6 is 0 Å². The lowest BCUT2D eigenvalue weighted by Crippen LogP contribution is -2.43. The van der Waals surface area contributed by atoms with E-state index < -0.39 is 0 Å². The second kappa shape index (κ2) is 11.0. The van der Waals surface area contributed by atoms with Crippen LogP contribution in [0.2, 0.25) is 0 Å². The highest BCUT2D eigenvalue weighted by molar-refractivity contribution is 5.02. The Morgan fingerprint density at radius 2 is 1.82 bits per heavy atom. The molecule has 3 atom stereocenters. The molecule has 22 heavy (non-hydrogen) atoms. The monoisotopic (exact) mass is 306 g/mol. The Kier molecular flexibility index (Phi) is 9.74. The minimum Gasteiger partial charge on any atom is -0.312 e. The topological polar surface area (TPSA) is 24.1 Å². The Bertz CT molecular complexity index is 353. The quantitative estimate of drug-likeness (QED) is 0.477. The van der Waals surface area contributed by atoms with Gasteiger partial charge in [0.2, 0.25) is 0 Å².